The number of alkyl halides is 3. The summed E-state index contributed by atoms with van der Waals surface area (Å²) in [6, 6.07) is 5.42. The molecule has 2 heterocycles. The third-order valence-electron chi connectivity index (χ3n) is 4.12. The minimum Gasteiger partial charge on any atom is -0.484 e. The molecule has 0 radical (unpaired) electrons. The van der Waals surface area contributed by atoms with E-state index in [1.165, 1.54) is 12.1 Å². The number of aromatic nitrogens is 3. The summed E-state index contributed by atoms with van der Waals surface area (Å²) in [5.74, 6) is 0.411. The molecule has 10 heteroatoms. The molecule has 0 saturated carbocycles. The molecule has 140 valence electrons. The van der Waals surface area contributed by atoms with Crippen molar-refractivity contribution in [2.75, 3.05) is 6.61 Å². The number of fused-ring (bicyclic) bond motifs is 1. The molecule has 1 N–H and O–H groups in total. The van der Waals surface area contributed by atoms with E-state index in [1.807, 2.05) is 0 Å². The second kappa shape index (κ2) is 6.94. The number of carboxylic acids is 1. The van der Waals surface area contributed by atoms with Gasteiger partial charge >= 0.3 is 12.1 Å². The molecule has 1 aromatic heterocycles. The molecular weight excluding hydrogens is 353 g/mol. The average Bonchev–Trinajstić information content (AvgIpc) is 2.92. The standard InChI is InChI=1S/C16H17F3N4O3/c1-10-20-21-14-8-22(13(15(24)25)7-23(10)14)6-11-3-2-4-12(5-11)26-9-16(17,18)19/h2-5,13H,6-9H2,1H3,(H,24,25). The van der Waals surface area contributed by atoms with E-state index in [9.17, 15) is 23.1 Å². The lowest BCUT2D eigenvalue weighted by Gasteiger charge is -2.33. The highest BCUT2D eigenvalue weighted by Crippen LogP contribution is 2.23. The first kappa shape index (κ1) is 18.2. The monoisotopic (exact) mass is 370 g/mol. The van der Waals surface area contributed by atoms with E-state index in [4.69, 9.17) is 4.74 Å². The van der Waals surface area contributed by atoms with E-state index in [1.54, 1.807) is 28.5 Å². The fraction of sp³-hybridized carbons (Fsp3) is 0.438. The highest BCUT2D eigenvalue weighted by atomic mass is 19.4. The van der Waals surface area contributed by atoms with Gasteiger partial charge in [0, 0.05) is 6.54 Å². The fourth-order valence-corrected chi connectivity index (χ4v) is 2.89. The minimum atomic E-state index is -4.42. The molecule has 26 heavy (non-hydrogen) atoms. The number of rotatable bonds is 5. The number of aryl methyl sites for hydroxylation is 1. The number of nitrogens with zero attached hydrogens (tertiary/aromatic N) is 4. The summed E-state index contributed by atoms with van der Waals surface area (Å²) in [7, 11) is 0. The maximum atomic E-state index is 12.3. The van der Waals surface area contributed by atoms with E-state index in [-0.39, 0.29) is 25.4 Å². The number of hydrogen-bond acceptors (Lipinski definition) is 5. The molecule has 0 bridgehead atoms. The average molecular weight is 370 g/mol. The summed E-state index contributed by atoms with van der Waals surface area (Å²) >= 11 is 0. The van der Waals surface area contributed by atoms with Crippen LogP contribution in [-0.2, 0) is 24.4 Å². The molecule has 1 aromatic carbocycles. The topological polar surface area (TPSA) is 80.5 Å². The van der Waals surface area contributed by atoms with Gasteiger partial charge in [-0.3, -0.25) is 9.69 Å². The zero-order valence-electron chi connectivity index (χ0n) is 13.9. The minimum absolute atomic E-state index is 0.0859. The third kappa shape index (κ3) is 4.13. The molecule has 1 unspecified atom stereocenters. The van der Waals surface area contributed by atoms with Gasteiger partial charge in [-0.2, -0.15) is 13.2 Å². The number of carboxylic acid groups (broad SMARTS) is 1. The van der Waals surface area contributed by atoms with Gasteiger partial charge < -0.3 is 14.4 Å². The first-order valence-corrected chi connectivity index (χ1v) is 7.87. The molecule has 1 aliphatic rings. The van der Waals surface area contributed by atoms with E-state index in [2.05, 4.69) is 10.2 Å². The number of carbonyl (C=O) groups is 1. The summed E-state index contributed by atoms with van der Waals surface area (Å²) in [4.78, 5) is 13.3. The van der Waals surface area contributed by atoms with Crippen molar-refractivity contribution in [1.29, 1.82) is 0 Å². The number of halogens is 3. The predicted molar refractivity (Wildman–Crippen MR) is 83.4 cm³/mol. The van der Waals surface area contributed by atoms with Gasteiger partial charge in [0.1, 0.15) is 23.4 Å². The summed E-state index contributed by atoms with van der Waals surface area (Å²) in [5.41, 5.74) is 0.653. The number of aliphatic carboxylic acids is 1. The summed E-state index contributed by atoms with van der Waals surface area (Å²) in [6.07, 6.45) is -4.42. The molecule has 7 nitrogen and oxygen atoms in total. The van der Waals surface area contributed by atoms with E-state index >= 15 is 0 Å². The summed E-state index contributed by atoms with van der Waals surface area (Å²) < 4.78 is 43.4. The highest BCUT2D eigenvalue weighted by Gasteiger charge is 2.33. The molecule has 0 saturated heterocycles. The van der Waals surface area contributed by atoms with Crippen LogP contribution in [0.1, 0.15) is 17.2 Å². The van der Waals surface area contributed by atoms with Gasteiger partial charge in [0.15, 0.2) is 6.61 Å². The Kier molecular flexibility index (Phi) is 4.86. The molecule has 3 rings (SSSR count). The fourth-order valence-electron chi connectivity index (χ4n) is 2.89. The SMILES string of the molecule is Cc1nnc2n1CC(C(=O)O)N(Cc1cccc(OCC(F)(F)F)c1)C2. The Morgan fingerprint density at radius 2 is 2.15 bits per heavy atom. The number of benzene rings is 1. The highest BCUT2D eigenvalue weighted by molar-refractivity contribution is 5.73. The second-order valence-corrected chi connectivity index (χ2v) is 6.08. The van der Waals surface area contributed by atoms with Crippen molar-refractivity contribution in [2.45, 2.75) is 38.8 Å². The van der Waals surface area contributed by atoms with E-state index < -0.39 is 24.8 Å². The van der Waals surface area contributed by atoms with Crippen molar-refractivity contribution >= 4 is 5.97 Å². The van der Waals surface area contributed by atoms with Gasteiger partial charge in [-0.25, -0.2) is 0 Å². The van der Waals surface area contributed by atoms with Crippen LogP contribution in [0.15, 0.2) is 24.3 Å². The first-order valence-electron chi connectivity index (χ1n) is 7.87. The zero-order chi connectivity index (χ0) is 18.9. The lowest BCUT2D eigenvalue weighted by Crippen LogP contribution is -2.47. The van der Waals surface area contributed by atoms with Gasteiger partial charge in [0.25, 0.3) is 0 Å². The molecule has 0 aliphatic carbocycles. The lowest BCUT2D eigenvalue weighted by atomic mass is 10.1. The molecule has 1 atom stereocenters. The van der Waals surface area contributed by atoms with Crippen molar-refractivity contribution in [2.24, 2.45) is 0 Å². The Morgan fingerprint density at radius 3 is 2.85 bits per heavy atom. The van der Waals surface area contributed by atoms with Crippen molar-refractivity contribution < 1.29 is 27.8 Å². The van der Waals surface area contributed by atoms with Crippen LogP contribution in [0.4, 0.5) is 13.2 Å². The van der Waals surface area contributed by atoms with Crippen LogP contribution < -0.4 is 4.74 Å². The normalized spacial score (nSPS) is 17.8. The number of hydrogen-bond donors (Lipinski definition) is 1. The largest absolute Gasteiger partial charge is 0.484 e. The second-order valence-electron chi connectivity index (χ2n) is 6.08. The Balaban J connectivity index is 1.76. The van der Waals surface area contributed by atoms with Crippen LogP contribution in [-0.4, -0.2) is 49.6 Å². The molecule has 0 spiro atoms. The molecule has 0 fully saturated rings. The van der Waals surface area contributed by atoms with Crippen molar-refractivity contribution in [3.8, 4) is 5.75 Å². The van der Waals surface area contributed by atoms with Crippen LogP contribution in [0, 0.1) is 6.92 Å². The van der Waals surface area contributed by atoms with Crippen LogP contribution >= 0.6 is 0 Å². The third-order valence-corrected chi connectivity index (χ3v) is 4.12. The number of ether oxygens (including phenoxy) is 1. The van der Waals surface area contributed by atoms with Crippen LogP contribution in [0.2, 0.25) is 0 Å². The van der Waals surface area contributed by atoms with Gasteiger partial charge in [0.05, 0.1) is 13.1 Å². The van der Waals surface area contributed by atoms with Gasteiger partial charge in [-0.05, 0) is 24.6 Å². The van der Waals surface area contributed by atoms with Crippen molar-refractivity contribution in [1.82, 2.24) is 19.7 Å². The first-order chi connectivity index (χ1) is 12.2. The maximum Gasteiger partial charge on any atom is 0.422 e. The van der Waals surface area contributed by atoms with E-state index in [0.29, 0.717) is 17.2 Å². The Hall–Kier alpha value is -2.62. The lowest BCUT2D eigenvalue weighted by molar-refractivity contribution is -0.153. The quantitative estimate of drug-likeness (QED) is 0.867. The Morgan fingerprint density at radius 1 is 1.38 bits per heavy atom. The smallest absolute Gasteiger partial charge is 0.422 e. The van der Waals surface area contributed by atoms with Crippen LogP contribution in [0.3, 0.4) is 0 Å². The summed E-state index contributed by atoms with van der Waals surface area (Å²) in [5, 5.41) is 17.5. The van der Waals surface area contributed by atoms with Crippen molar-refractivity contribution in [3.05, 3.63) is 41.5 Å². The van der Waals surface area contributed by atoms with Gasteiger partial charge in [-0.15, -0.1) is 10.2 Å². The zero-order valence-corrected chi connectivity index (χ0v) is 13.9. The van der Waals surface area contributed by atoms with Crippen molar-refractivity contribution in [3.63, 3.8) is 0 Å². The van der Waals surface area contributed by atoms with E-state index in [0.717, 1.165) is 0 Å². The molecular formula is C16H17F3N4O3. The van der Waals surface area contributed by atoms with Gasteiger partial charge in [-0.1, -0.05) is 12.1 Å². The molecule has 2 aromatic rings. The predicted octanol–water partition coefficient (Wildman–Crippen LogP) is 2.00. The Labute approximate surface area is 147 Å². The maximum absolute atomic E-state index is 12.3. The summed E-state index contributed by atoms with van der Waals surface area (Å²) in [6.45, 7) is 1.12. The molecule has 0 amide bonds. The van der Waals surface area contributed by atoms with Crippen LogP contribution in [0.5, 0.6) is 5.75 Å². The Bertz CT molecular complexity index is 806. The van der Waals surface area contributed by atoms with Crippen LogP contribution in [0.25, 0.3) is 0 Å². The molecule has 1 aliphatic heterocycles. The van der Waals surface area contributed by atoms with Gasteiger partial charge in [0.2, 0.25) is 0 Å².